The Morgan fingerprint density at radius 1 is 1.33 bits per heavy atom. The van der Waals surface area contributed by atoms with Crippen LogP contribution in [-0.2, 0) is 6.54 Å². The molecular formula is C17H27N3S. The summed E-state index contributed by atoms with van der Waals surface area (Å²) >= 11 is 1.88. The smallest absolute Gasteiger partial charge is 0.138 e. The third kappa shape index (κ3) is 4.48. The molecule has 2 rings (SSSR count). The van der Waals surface area contributed by atoms with Crippen LogP contribution >= 0.6 is 11.8 Å². The first-order valence-electron chi connectivity index (χ1n) is 7.74. The van der Waals surface area contributed by atoms with Crippen molar-refractivity contribution < 1.29 is 0 Å². The van der Waals surface area contributed by atoms with Gasteiger partial charge < -0.3 is 9.72 Å². The standard InChI is InChI=1S/C17H27N3S/c1-6-13(2)12-21-16-14(11-18-17(3,4)5)20-10-8-7-9-15(20)19-16/h7-10,13,18H,6,11-12H2,1-5H3. The number of fused-ring (bicyclic) bond motifs is 1. The van der Waals surface area contributed by atoms with E-state index in [0.29, 0.717) is 0 Å². The molecule has 0 fully saturated rings. The third-order valence-electron chi connectivity index (χ3n) is 3.58. The zero-order valence-corrected chi connectivity index (χ0v) is 14.6. The van der Waals surface area contributed by atoms with E-state index >= 15 is 0 Å². The van der Waals surface area contributed by atoms with E-state index in [0.717, 1.165) is 23.9 Å². The van der Waals surface area contributed by atoms with E-state index in [9.17, 15) is 0 Å². The Bertz CT molecular complexity index is 583. The zero-order valence-electron chi connectivity index (χ0n) is 13.8. The van der Waals surface area contributed by atoms with E-state index in [1.54, 1.807) is 0 Å². The van der Waals surface area contributed by atoms with Crippen LogP contribution in [0.5, 0.6) is 0 Å². The van der Waals surface area contributed by atoms with Crippen LogP contribution in [0.3, 0.4) is 0 Å². The summed E-state index contributed by atoms with van der Waals surface area (Å²) < 4.78 is 2.21. The summed E-state index contributed by atoms with van der Waals surface area (Å²) in [5.74, 6) is 1.85. The molecule has 0 aliphatic heterocycles. The second-order valence-corrected chi connectivity index (χ2v) is 7.73. The number of nitrogens with zero attached hydrogens (tertiary/aromatic N) is 2. The van der Waals surface area contributed by atoms with Gasteiger partial charge in [-0.15, -0.1) is 11.8 Å². The Morgan fingerprint density at radius 3 is 2.76 bits per heavy atom. The lowest BCUT2D eigenvalue weighted by Crippen LogP contribution is -2.35. The fraction of sp³-hybridized carbons (Fsp3) is 0.588. The molecular weight excluding hydrogens is 278 g/mol. The number of thioether (sulfide) groups is 1. The summed E-state index contributed by atoms with van der Waals surface area (Å²) in [4.78, 5) is 4.81. The highest BCUT2D eigenvalue weighted by Gasteiger charge is 2.16. The fourth-order valence-corrected chi connectivity index (χ4v) is 3.16. The van der Waals surface area contributed by atoms with E-state index in [1.165, 1.54) is 17.1 Å². The van der Waals surface area contributed by atoms with Crippen molar-refractivity contribution in [1.29, 1.82) is 0 Å². The maximum Gasteiger partial charge on any atom is 0.138 e. The second kappa shape index (κ2) is 6.84. The van der Waals surface area contributed by atoms with Crippen LogP contribution in [-0.4, -0.2) is 20.7 Å². The second-order valence-electron chi connectivity index (χ2n) is 6.72. The van der Waals surface area contributed by atoms with Gasteiger partial charge in [0.05, 0.1) is 5.69 Å². The molecule has 1 atom stereocenters. The Morgan fingerprint density at radius 2 is 2.10 bits per heavy atom. The normalized spacial score (nSPS) is 13.8. The van der Waals surface area contributed by atoms with Crippen LogP contribution < -0.4 is 5.32 Å². The molecule has 0 aliphatic carbocycles. The number of hydrogen-bond donors (Lipinski definition) is 1. The molecule has 21 heavy (non-hydrogen) atoms. The molecule has 0 amide bonds. The van der Waals surface area contributed by atoms with Gasteiger partial charge in [-0.05, 0) is 38.8 Å². The predicted octanol–water partition coefficient (Wildman–Crippen LogP) is 4.36. The summed E-state index contributed by atoms with van der Waals surface area (Å²) in [6.07, 6.45) is 3.32. The first kappa shape index (κ1) is 16.4. The summed E-state index contributed by atoms with van der Waals surface area (Å²) in [5, 5.41) is 4.75. The molecule has 2 heterocycles. The SMILES string of the molecule is CCC(C)CSc1nc2ccccn2c1CNC(C)(C)C. The van der Waals surface area contributed by atoms with Crippen LogP contribution in [0.25, 0.3) is 5.65 Å². The minimum Gasteiger partial charge on any atom is -0.306 e. The van der Waals surface area contributed by atoms with Gasteiger partial charge in [-0.25, -0.2) is 4.98 Å². The number of pyridine rings is 1. The van der Waals surface area contributed by atoms with Crippen molar-refractivity contribution in [1.82, 2.24) is 14.7 Å². The molecule has 0 spiro atoms. The first-order valence-corrected chi connectivity index (χ1v) is 8.73. The van der Waals surface area contributed by atoms with Crippen LogP contribution in [0.15, 0.2) is 29.4 Å². The quantitative estimate of drug-likeness (QED) is 0.804. The summed E-state index contributed by atoms with van der Waals surface area (Å²) in [7, 11) is 0. The third-order valence-corrected chi connectivity index (χ3v) is 4.92. The highest BCUT2D eigenvalue weighted by molar-refractivity contribution is 7.99. The Balaban J connectivity index is 2.25. The monoisotopic (exact) mass is 305 g/mol. The fourth-order valence-electron chi connectivity index (χ4n) is 1.99. The predicted molar refractivity (Wildman–Crippen MR) is 92.0 cm³/mol. The van der Waals surface area contributed by atoms with Gasteiger partial charge in [0.2, 0.25) is 0 Å². The van der Waals surface area contributed by atoms with E-state index in [1.807, 2.05) is 17.8 Å². The summed E-state index contributed by atoms with van der Waals surface area (Å²) in [6.45, 7) is 12.0. The van der Waals surface area contributed by atoms with E-state index in [2.05, 4.69) is 62.7 Å². The molecule has 3 nitrogen and oxygen atoms in total. The van der Waals surface area contributed by atoms with E-state index < -0.39 is 0 Å². The van der Waals surface area contributed by atoms with Crippen molar-refractivity contribution in [2.24, 2.45) is 5.92 Å². The number of imidazole rings is 1. The summed E-state index contributed by atoms with van der Waals surface area (Å²) in [6, 6.07) is 6.19. The molecule has 1 N–H and O–H groups in total. The van der Waals surface area contributed by atoms with Gasteiger partial charge >= 0.3 is 0 Å². The highest BCUT2D eigenvalue weighted by atomic mass is 32.2. The van der Waals surface area contributed by atoms with Gasteiger partial charge in [0.1, 0.15) is 10.7 Å². The van der Waals surface area contributed by atoms with Crippen molar-refractivity contribution in [2.45, 2.75) is 58.1 Å². The zero-order chi connectivity index (χ0) is 15.5. The lowest BCUT2D eigenvalue weighted by atomic mass is 10.1. The molecule has 0 radical (unpaired) electrons. The molecule has 2 aromatic heterocycles. The van der Waals surface area contributed by atoms with Gasteiger partial charge in [0.25, 0.3) is 0 Å². The molecule has 4 heteroatoms. The molecule has 0 aromatic carbocycles. The van der Waals surface area contributed by atoms with Crippen molar-refractivity contribution in [3.8, 4) is 0 Å². The largest absolute Gasteiger partial charge is 0.306 e. The van der Waals surface area contributed by atoms with Gasteiger partial charge in [-0.3, -0.25) is 0 Å². The van der Waals surface area contributed by atoms with Gasteiger partial charge in [0, 0.05) is 24.0 Å². The van der Waals surface area contributed by atoms with Crippen molar-refractivity contribution in [3.63, 3.8) is 0 Å². The molecule has 116 valence electrons. The van der Waals surface area contributed by atoms with Gasteiger partial charge in [-0.1, -0.05) is 26.3 Å². The minimum absolute atomic E-state index is 0.109. The molecule has 0 bridgehead atoms. The van der Waals surface area contributed by atoms with E-state index in [-0.39, 0.29) is 5.54 Å². The summed E-state index contributed by atoms with van der Waals surface area (Å²) in [5.41, 5.74) is 2.42. The molecule has 1 unspecified atom stereocenters. The van der Waals surface area contributed by atoms with Crippen LogP contribution in [0.1, 0.15) is 46.7 Å². The minimum atomic E-state index is 0.109. The topological polar surface area (TPSA) is 29.3 Å². The van der Waals surface area contributed by atoms with Crippen molar-refractivity contribution >= 4 is 17.4 Å². The van der Waals surface area contributed by atoms with Crippen molar-refractivity contribution in [2.75, 3.05) is 5.75 Å². The molecule has 0 saturated carbocycles. The number of nitrogens with one attached hydrogen (secondary N) is 1. The van der Waals surface area contributed by atoms with Gasteiger partial charge in [0.15, 0.2) is 0 Å². The average molecular weight is 305 g/mol. The van der Waals surface area contributed by atoms with E-state index in [4.69, 9.17) is 4.98 Å². The van der Waals surface area contributed by atoms with Gasteiger partial charge in [-0.2, -0.15) is 0 Å². The van der Waals surface area contributed by atoms with Crippen molar-refractivity contribution in [3.05, 3.63) is 30.1 Å². The highest BCUT2D eigenvalue weighted by Crippen LogP contribution is 2.26. The molecule has 2 aromatic rings. The Labute approximate surface area is 132 Å². The Kier molecular flexibility index (Phi) is 5.33. The molecule has 0 aliphatic rings. The first-order chi connectivity index (χ1) is 9.90. The number of rotatable bonds is 6. The van der Waals surface area contributed by atoms with Crippen LogP contribution in [0.4, 0.5) is 0 Å². The van der Waals surface area contributed by atoms with Crippen LogP contribution in [0, 0.1) is 5.92 Å². The maximum atomic E-state index is 4.81. The maximum absolute atomic E-state index is 4.81. The Hall–Kier alpha value is -1.00. The number of aromatic nitrogens is 2. The lowest BCUT2D eigenvalue weighted by molar-refractivity contribution is 0.418. The molecule has 0 saturated heterocycles. The average Bonchev–Trinajstić information content (AvgIpc) is 2.79. The number of hydrogen-bond acceptors (Lipinski definition) is 3. The lowest BCUT2D eigenvalue weighted by Gasteiger charge is -2.20. The van der Waals surface area contributed by atoms with Crippen LogP contribution in [0.2, 0.25) is 0 Å².